The number of aromatic amines is 1. The van der Waals surface area contributed by atoms with Gasteiger partial charge in [0.1, 0.15) is 0 Å². The number of nitrogens with zero attached hydrogens (tertiary/aromatic N) is 4. The Labute approximate surface area is 127 Å². The number of hydrogen-bond donors (Lipinski definition) is 1. The minimum absolute atomic E-state index is 0.541. The molecule has 0 aliphatic heterocycles. The summed E-state index contributed by atoms with van der Waals surface area (Å²) in [6.45, 7) is 5.29. The highest BCUT2D eigenvalue weighted by molar-refractivity contribution is 7.71. The van der Waals surface area contributed by atoms with E-state index >= 15 is 0 Å². The Balaban J connectivity index is 2.11. The van der Waals surface area contributed by atoms with Gasteiger partial charge in [-0.1, -0.05) is 12.8 Å². The quantitative estimate of drug-likeness (QED) is 0.786. The fourth-order valence-electron chi connectivity index (χ4n) is 2.99. The van der Waals surface area contributed by atoms with Crippen LogP contribution in [0.25, 0.3) is 0 Å². The normalized spacial score (nSPS) is 16.2. The predicted molar refractivity (Wildman–Crippen MR) is 86.0 cm³/mol. The van der Waals surface area contributed by atoms with Crippen molar-refractivity contribution in [1.82, 2.24) is 19.7 Å². The highest BCUT2D eigenvalue weighted by atomic mass is 32.1. The molecule has 0 radical (unpaired) electrons. The van der Waals surface area contributed by atoms with E-state index in [1.807, 2.05) is 0 Å². The average Bonchev–Trinajstić information content (AvgIpc) is 3.03. The first-order valence-corrected chi connectivity index (χ1v) is 8.11. The lowest BCUT2D eigenvalue weighted by Gasteiger charge is -2.25. The number of hydrogen-bond acceptors (Lipinski definition) is 4. The molecular formula is C14H27N5S. The molecule has 6 heteroatoms. The van der Waals surface area contributed by atoms with E-state index in [1.165, 1.54) is 25.7 Å². The zero-order valence-corrected chi connectivity index (χ0v) is 13.7. The van der Waals surface area contributed by atoms with Gasteiger partial charge in [-0.3, -0.25) is 4.57 Å². The second-order valence-electron chi connectivity index (χ2n) is 5.87. The molecule has 2 rings (SSSR count). The maximum Gasteiger partial charge on any atom is 0.225 e. The molecule has 1 N–H and O–H groups in total. The van der Waals surface area contributed by atoms with E-state index in [-0.39, 0.29) is 0 Å². The topological polar surface area (TPSA) is 40.1 Å². The van der Waals surface area contributed by atoms with Crippen LogP contribution in [-0.2, 0) is 0 Å². The van der Waals surface area contributed by atoms with Gasteiger partial charge in [-0.25, -0.2) is 5.10 Å². The Bertz CT molecular complexity index is 458. The molecule has 1 fully saturated rings. The summed E-state index contributed by atoms with van der Waals surface area (Å²) in [5.41, 5.74) is 0. The molecule has 1 aliphatic carbocycles. The van der Waals surface area contributed by atoms with E-state index in [2.05, 4.69) is 45.6 Å². The molecule has 0 atom stereocenters. The number of rotatable bonds is 7. The van der Waals surface area contributed by atoms with Crippen molar-refractivity contribution < 1.29 is 0 Å². The largest absolute Gasteiger partial charge is 0.341 e. The Morgan fingerprint density at radius 2 is 2.00 bits per heavy atom. The van der Waals surface area contributed by atoms with Crippen LogP contribution in [0.3, 0.4) is 0 Å². The van der Waals surface area contributed by atoms with Crippen molar-refractivity contribution in [1.29, 1.82) is 0 Å². The van der Waals surface area contributed by atoms with Crippen LogP contribution in [0.15, 0.2) is 0 Å². The average molecular weight is 297 g/mol. The molecule has 114 valence electrons. The van der Waals surface area contributed by atoms with E-state index in [0.29, 0.717) is 6.04 Å². The van der Waals surface area contributed by atoms with Crippen molar-refractivity contribution in [3.8, 4) is 0 Å². The van der Waals surface area contributed by atoms with Crippen LogP contribution in [0.4, 0.5) is 5.95 Å². The van der Waals surface area contributed by atoms with Gasteiger partial charge in [0.2, 0.25) is 5.95 Å². The smallest absolute Gasteiger partial charge is 0.225 e. The van der Waals surface area contributed by atoms with Gasteiger partial charge in [0.25, 0.3) is 0 Å². The van der Waals surface area contributed by atoms with Crippen molar-refractivity contribution in [2.75, 3.05) is 38.6 Å². The van der Waals surface area contributed by atoms with E-state index in [1.54, 1.807) is 0 Å². The molecule has 1 aliphatic rings. The highest BCUT2D eigenvalue weighted by Crippen LogP contribution is 2.32. The standard InChI is InChI=1S/C14H27N5S/c1-4-18(11-7-10-17(2)3)13-15-16-14(20)19(13)12-8-5-6-9-12/h12H,4-11H2,1-3H3,(H,16,20). The Morgan fingerprint density at radius 1 is 1.30 bits per heavy atom. The monoisotopic (exact) mass is 297 g/mol. The first-order valence-electron chi connectivity index (χ1n) is 7.70. The Kier molecular flexibility index (Phi) is 5.60. The van der Waals surface area contributed by atoms with Gasteiger partial charge in [-0.2, -0.15) is 0 Å². The second kappa shape index (κ2) is 7.22. The predicted octanol–water partition coefficient (Wildman–Crippen LogP) is 2.83. The van der Waals surface area contributed by atoms with Crippen LogP contribution in [0.2, 0.25) is 0 Å². The van der Waals surface area contributed by atoms with Gasteiger partial charge in [0.15, 0.2) is 4.77 Å². The van der Waals surface area contributed by atoms with Crippen LogP contribution in [0.5, 0.6) is 0 Å². The Morgan fingerprint density at radius 3 is 2.60 bits per heavy atom. The lowest BCUT2D eigenvalue weighted by Crippen LogP contribution is -2.30. The van der Waals surface area contributed by atoms with Crippen LogP contribution >= 0.6 is 12.2 Å². The lowest BCUT2D eigenvalue weighted by molar-refractivity contribution is 0.399. The molecule has 0 saturated heterocycles. The molecule has 0 spiro atoms. The van der Waals surface area contributed by atoms with E-state index in [4.69, 9.17) is 12.2 Å². The summed E-state index contributed by atoms with van der Waals surface area (Å²) in [7, 11) is 4.23. The number of nitrogens with one attached hydrogen (secondary N) is 1. The summed E-state index contributed by atoms with van der Waals surface area (Å²) in [4.78, 5) is 4.57. The fraction of sp³-hybridized carbons (Fsp3) is 0.857. The molecule has 0 amide bonds. The van der Waals surface area contributed by atoms with Gasteiger partial charge in [0.05, 0.1) is 0 Å². The summed E-state index contributed by atoms with van der Waals surface area (Å²) in [5.74, 6) is 1.03. The minimum Gasteiger partial charge on any atom is -0.341 e. The van der Waals surface area contributed by atoms with Crippen molar-refractivity contribution in [3.63, 3.8) is 0 Å². The molecule has 0 bridgehead atoms. The molecule has 1 heterocycles. The number of H-pyrrole nitrogens is 1. The maximum atomic E-state index is 5.44. The third-order valence-corrected chi connectivity index (χ3v) is 4.36. The lowest BCUT2D eigenvalue weighted by atomic mass is 10.2. The third kappa shape index (κ3) is 3.61. The number of aromatic nitrogens is 3. The molecule has 0 aromatic carbocycles. The molecule has 20 heavy (non-hydrogen) atoms. The van der Waals surface area contributed by atoms with Crippen LogP contribution in [-0.4, -0.2) is 53.4 Å². The maximum absolute atomic E-state index is 5.44. The van der Waals surface area contributed by atoms with Gasteiger partial charge >= 0.3 is 0 Å². The second-order valence-corrected chi connectivity index (χ2v) is 6.26. The van der Waals surface area contributed by atoms with E-state index in [9.17, 15) is 0 Å². The molecular weight excluding hydrogens is 270 g/mol. The first-order chi connectivity index (χ1) is 9.63. The summed E-state index contributed by atoms with van der Waals surface area (Å²) in [5, 5.41) is 7.48. The highest BCUT2D eigenvalue weighted by Gasteiger charge is 2.23. The van der Waals surface area contributed by atoms with Crippen molar-refractivity contribution in [3.05, 3.63) is 4.77 Å². The fourth-order valence-corrected chi connectivity index (χ4v) is 3.26. The van der Waals surface area contributed by atoms with Gasteiger partial charge in [0, 0.05) is 19.1 Å². The molecule has 1 aromatic heterocycles. The van der Waals surface area contributed by atoms with Crippen LogP contribution in [0, 0.1) is 4.77 Å². The molecule has 1 aromatic rings. The van der Waals surface area contributed by atoms with E-state index in [0.717, 1.165) is 36.8 Å². The molecule has 1 saturated carbocycles. The van der Waals surface area contributed by atoms with Crippen molar-refractivity contribution in [2.24, 2.45) is 0 Å². The summed E-state index contributed by atoms with van der Waals surface area (Å²) in [6, 6.07) is 0.541. The van der Waals surface area contributed by atoms with Crippen LogP contribution < -0.4 is 4.90 Å². The Hall–Kier alpha value is -0.880. The molecule has 5 nitrogen and oxygen atoms in total. The third-order valence-electron chi connectivity index (χ3n) is 4.07. The summed E-state index contributed by atoms with van der Waals surface area (Å²) < 4.78 is 3.03. The van der Waals surface area contributed by atoms with E-state index < -0.39 is 0 Å². The van der Waals surface area contributed by atoms with Gasteiger partial charge in [-0.05, 0) is 59.0 Å². The minimum atomic E-state index is 0.541. The zero-order valence-electron chi connectivity index (χ0n) is 12.9. The summed E-state index contributed by atoms with van der Waals surface area (Å²) >= 11 is 5.44. The number of anilines is 1. The SMILES string of the molecule is CCN(CCCN(C)C)c1n[nH]c(=S)n1C1CCCC1. The zero-order chi connectivity index (χ0) is 14.5. The summed E-state index contributed by atoms with van der Waals surface area (Å²) in [6.07, 6.45) is 6.23. The van der Waals surface area contributed by atoms with Gasteiger partial charge < -0.3 is 9.80 Å². The molecule has 0 unspecified atom stereocenters. The van der Waals surface area contributed by atoms with Crippen LogP contribution in [0.1, 0.15) is 45.1 Å². The first kappa shape index (κ1) is 15.5. The van der Waals surface area contributed by atoms with Crippen molar-refractivity contribution >= 4 is 18.2 Å². The van der Waals surface area contributed by atoms with Crippen molar-refractivity contribution in [2.45, 2.75) is 45.1 Å². The van der Waals surface area contributed by atoms with Gasteiger partial charge in [-0.15, -0.1) is 5.10 Å².